The lowest BCUT2D eigenvalue weighted by Crippen LogP contribution is -2.44. The molecule has 0 radical (unpaired) electrons. The van der Waals surface area contributed by atoms with Gasteiger partial charge in [0.05, 0.1) is 31.6 Å². The Bertz CT molecular complexity index is 433. The Kier molecular flexibility index (Phi) is 5.37. The molecule has 7 nitrogen and oxygen atoms in total. The van der Waals surface area contributed by atoms with E-state index in [2.05, 4.69) is 20.8 Å². The van der Waals surface area contributed by atoms with E-state index in [0.717, 1.165) is 23.0 Å². The minimum Gasteiger partial charge on any atom is -0.376 e. The Balaban J connectivity index is 1.78. The molecule has 0 aliphatic carbocycles. The van der Waals surface area contributed by atoms with Crippen molar-refractivity contribution >= 4 is 5.96 Å². The molecule has 0 aromatic carbocycles. The van der Waals surface area contributed by atoms with Gasteiger partial charge in [0.2, 0.25) is 0 Å². The zero-order chi connectivity index (χ0) is 14.4. The van der Waals surface area contributed by atoms with Crippen molar-refractivity contribution in [2.75, 3.05) is 33.4 Å². The smallest absolute Gasteiger partial charge is 0.191 e. The van der Waals surface area contributed by atoms with E-state index in [4.69, 9.17) is 14.0 Å². The number of hydrogen-bond acceptors (Lipinski definition) is 5. The summed E-state index contributed by atoms with van der Waals surface area (Å²) < 4.78 is 16.0. The monoisotopic (exact) mass is 282 g/mol. The van der Waals surface area contributed by atoms with Crippen molar-refractivity contribution in [1.29, 1.82) is 0 Å². The Labute approximate surface area is 118 Å². The fraction of sp³-hybridized carbons (Fsp3) is 0.692. The van der Waals surface area contributed by atoms with Gasteiger partial charge in [-0.25, -0.2) is 0 Å². The molecule has 0 amide bonds. The number of aromatic nitrogens is 1. The molecular formula is C13H22N4O3. The van der Waals surface area contributed by atoms with E-state index in [1.807, 2.05) is 13.8 Å². The highest BCUT2D eigenvalue weighted by atomic mass is 16.6. The van der Waals surface area contributed by atoms with Crippen LogP contribution in [0.1, 0.15) is 17.0 Å². The van der Waals surface area contributed by atoms with Crippen LogP contribution in [-0.4, -0.2) is 50.6 Å². The summed E-state index contributed by atoms with van der Waals surface area (Å²) in [4.78, 5) is 4.18. The normalized spacial score (nSPS) is 19.9. The summed E-state index contributed by atoms with van der Waals surface area (Å²) in [5, 5.41) is 10.4. The highest BCUT2D eigenvalue weighted by molar-refractivity contribution is 5.79. The van der Waals surface area contributed by atoms with Gasteiger partial charge in [-0.15, -0.1) is 0 Å². The van der Waals surface area contributed by atoms with Crippen molar-refractivity contribution in [3.8, 4) is 0 Å². The highest BCUT2D eigenvalue weighted by Crippen LogP contribution is 2.11. The van der Waals surface area contributed by atoms with Gasteiger partial charge in [0.15, 0.2) is 5.96 Å². The molecule has 1 saturated heterocycles. The van der Waals surface area contributed by atoms with Crippen LogP contribution in [-0.2, 0) is 16.0 Å². The lowest BCUT2D eigenvalue weighted by atomic mass is 10.2. The summed E-state index contributed by atoms with van der Waals surface area (Å²) in [6.45, 7) is 7.07. The van der Waals surface area contributed by atoms with Crippen molar-refractivity contribution in [1.82, 2.24) is 15.8 Å². The highest BCUT2D eigenvalue weighted by Gasteiger charge is 2.15. The van der Waals surface area contributed by atoms with E-state index in [1.54, 1.807) is 7.05 Å². The van der Waals surface area contributed by atoms with Gasteiger partial charge in [0.1, 0.15) is 5.76 Å². The van der Waals surface area contributed by atoms with E-state index in [-0.39, 0.29) is 6.10 Å². The third-order valence-electron chi connectivity index (χ3n) is 3.22. The van der Waals surface area contributed by atoms with Crippen LogP contribution < -0.4 is 10.6 Å². The molecule has 0 saturated carbocycles. The molecular weight excluding hydrogens is 260 g/mol. The van der Waals surface area contributed by atoms with Crippen molar-refractivity contribution < 1.29 is 14.0 Å². The molecule has 1 fully saturated rings. The van der Waals surface area contributed by atoms with E-state index in [1.165, 1.54) is 0 Å². The third-order valence-corrected chi connectivity index (χ3v) is 3.22. The number of rotatable bonds is 4. The van der Waals surface area contributed by atoms with Crippen molar-refractivity contribution in [2.24, 2.45) is 4.99 Å². The maximum Gasteiger partial charge on any atom is 0.191 e. The summed E-state index contributed by atoms with van der Waals surface area (Å²) in [6.07, 6.45) is 0.0707. The van der Waals surface area contributed by atoms with Gasteiger partial charge in [-0.05, 0) is 13.8 Å². The van der Waals surface area contributed by atoms with Crippen molar-refractivity contribution in [3.63, 3.8) is 0 Å². The molecule has 2 heterocycles. The second-order valence-electron chi connectivity index (χ2n) is 4.68. The second-order valence-corrected chi connectivity index (χ2v) is 4.68. The molecule has 1 atom stereocenters. The summed E-state index contributed by atoms with van der Waals surface area (Å²) in [6, 6.07) is 0. The first kappa shape index (κ1) is 14.8. The van der Waals surface area contributed by atoms with Gasteiger partial charge < -0.3 is 24.6 Å². The quantitative estimate of drug-likeness (QED) is 0.613. The Morgan fingerprint density at radius 2 is 2.20 bits per heavy atom. The summed E-state index contributed by atoms with van der Waals surface area (Å²) in [5.74, 6) is 1.55. The van der Waals surface area contributed by atoms with Crippen LogP contribution in [0.5, 0.6) is 0 Å². The standard InChI is InChI=1S/C13H22N4O3/c1-9-12(10(2)20-17-9)7-16-13(14-3)15-6-11-8-18-4-5-19-11/h11H,4-8H2,1-3H3,(H2,14,15,16). The molecule has 112 valence electrons. The van der Waals surface area contributed by atoms with Gasteiger partial charge in [0, 0.05) is 25.7 Å². The SMILES string of the molecule is CN=C(NCc1c(C)noc1C)NCC1COCCO1. The summed E-state index contributed by atoms with van der Waals surface area (Å²) in [7, 11) is 1.74. The zero-order valence-corrected chi connectivity index (χ0v) is 12.2. The molecule has 20 heavy (non-hydrogen) atoms. The first-order chi connectivity index (χ1) is 9.70. The molecule has 1 aliphatic rings. The van der Waals surface area contributed by atoms with Gasteiger partial charge in [-0.2, -0.15) is 0 Å². The number of aryl methyl sites for hydroxylation is 2. The van der Waals surface area contributed by atoms with Crippen LogP contribution in [0.3, 0.4) is 0 Å². The average molecular weight is 282 g/mol. The molecule has 1 aromatic heterocycles. The number of guanidine groups is 1. The minimum atomic E-state index is 0.0707. The van der Waals surface area contributed by atoms with E-state index in [9.17, 15) is 0 Å². The third kappa shape index (κ3) is 3.94. The maximum atomic E-state index is 5.57. The predicted octanol–water partition coefficient (Wildman–Crippen LogP) is 0.372. The maximum absolute atomic E-state index is 5.57. The molecule has 7 heteroatoms. The van der Waals surface area contributed by atoms with Gasteiger partial charge in [0.25, 0.3) is 0 Å². The minimum absolute atomic E-state index is 0.0707. The Morgan fingerprint density at radius 1 is 1.35 bits per heavy atom. The van der Waals surface area contributed by atoms with Crippen LogP contribution in [0.2, 0.25) is 0 Å². The number of nitrogens with zero attached hydrogens (tertiary/aromatic N) is 2. The number of hydrogen-bond donors (Lipinski definition) is 2. The molecule has 0 bridgehead atoms. The Morgan fingerprint density at radius 3 is 2.80 bits per heavy atom. The molecule has 0 spiro atoms. The van der Waals surface area contributed by atoms with Crippen LogP contribution in [0.25, 0.3) is 0 Å². The van der Waals surface area contributed by atoms with Gasteiger partial charge in [-0.1, -0.05) is 5.16 Å². The number of aliphatic imine (C=N–C) groups is 1. The van der Waals surface area contributed by atoms with Gasteiger partial charge in [-0.3, -0.25) is 4.99 Å². The molecule has 1 aromatic rings. The molecule has 2 rings (SSSR count). The zero-order valence-electron chi connectivity index (χ0n) is 12.2. The van der Waals surface area contributed by atoms with Crippen molar-refractivity contribution in [3.05, 3.63) is 17.0 Å². The molecule has 1 unspecified atom stereocenters. The van der Waals surface area contributed by atoms with E-state index < -0.39 is 0 Å². The number of nitrogens with one attached hydrogen (secondary N) is 2. The van der Waals surface area contributed by atoms with Gasteiger partial charge >= 0.3 is 0 Å². The topological polar surface area (TPSA) is 80.9 Å². The average Bonchev–Trinajstić information content (AvgIpc) is 2.80. The molecule has 1 aliphatic heterocycles. The second kappa shape index (κ2) is 7.25. The predicted molar refractivity (Wildman–Crippen MR) is 74.7 cm³/mol. The first-order valence-electron chi connectivity index (χ1n) is 6.76. The fourth-order valence-electron chi connectivity index (χ4n) is 2.01. The first-order valence-corrected chi connectivity index (χ1v) is 6.76. The lowest BCUT2D eigenvalue weighted by Gasteiger charge is -2.24. The van der Waals surface area contributed by atoms with Crippen LogP contribution in [0.4, 0.5) is 0 Å². The van der Waals surface area contributed by atoms with Crippen molar-refractivity contribution in [2.45, 2.75) is 26.5 Å². The largest absolute Gasteiger partial charge is 0.376 e. The molecule has 2 N–H and O–H groups in total. The van der Waals surface area contributed by atoms with Crippen LogP contribution in [0, 0.1) is 13.8 Å². The van der Waals surface area contributed by atoms with E-state index >= 15 is 0 Å². The lowest BCUT2D eigenvalue weighted by molar-refractivity contribution is -0.0850. The fourth-order valence-corrected chi connectivity index (χ4v) is 2.01. The number of ether oxygens (including phenoxy) is 2. The van der Waals surface area contributed by atoms with Crippen LogP contribution in [0.15, 0.2) is 9.52 Å². The summed E-state index contributed by atoms with van der Waals surface area (Å²) in [5.41, 5.74) is 1.96. The van der Waals surface area contributed by atoms with Crippen LogP contribution >= 0.6 is 0 Å². The summed E-state index contributed by atoms with van der Waals surface area (Å²) >= 11 is 0. The Hall–Kier alpha value is -1.60. The van der Waals surface area contributed by atoms with E-state index in [0.29, 0.717) is 32.9 Å².